The molecule has 3 heterocycles. The van der Waals surface area contributed by atoms with Crippen molar-refractivity contribution in [3.63, 3.8) is 0 Å². The maximum Gasteiger partial charge on any atom is 0.164 e. The molecule has 3 fully saturated rings. The van der Waals surface area contributed by atoms with Gasteiger partial charge in [-0.1, -0.05) is 6.42 Å². The number of piperidine rings is 1. The fraction of sp³-hybridized carbons (Fsp3) is 0.600. The van der Waals surface area contributed by atoms with E-state index in [0.29, 0.717) is 21.3 Å². The number of hydrogen-bond acceptors (Lipinski definition) is 4. The Morgan fingerprint density at radius 1 is 1.22 bits per heavy atom. The molecule has 0 bridgehead atoms. The van der Waals surface area contributed by atoms with Crippen LogP contribution in [0.4, 0.5) is 10.2 Å². The van der Waals surface area contributed by atoms with E-state index in [0.717, 1.165) is 59.6 Å². The number of hydrogen-bond donors (Lipinski definition) is 0. The van der Waals surface area contributed by atoms with Gasteiger partial charge in [-0.3, -0.25) is 0 Å². The van der Waals surface area contributed by atoms with Crippen LogP contribution in [0.15, 0.2) is 10.5 Å². The van der Waals surface area contributed by atoms with E-state index in [9.17, 15) is 0 Å². The van der Waals surface area contributed by atoms with Gasteiger partial charge in [0.05, 0.1) is 4.47 Å². The van der Waals surface area contributed by atoms with Gasteiger partial charge in [0, 0.05) is 33.4 Å². The number of aromatic nitrogens is 2. The second-order valence-corrected chi connectivity index (χ2v) is 10.5. The minimum atomic E-state index is -0.256. The maximum absolute atomic E-state index is 15.1. The zero-order chi connectivity index (χ0) is 18.8. The van der Waals surface area contributed by atoms with Crippen LogP contribution in [0.5, 0.6) is 0 Å². The highest BCUT2D eigenvalue weighted by molar-refractivity contribution is 14.1. The van der Waals surface area contributed by atoms with E-state index in [1.165, 1.54) is 19.3 Å². The third-order valence-corrected chi connectivity index (χ3v) is 9.04. The molecule has 0 radical (unpaired) electrons. The first-order chi connectivity index (χ1) is 13.0. The van der Waals surface area contributed by atoms with Gasteiger partial charge in [-0.05, 0) is 90.4 Å². The predicted molar refractivity (Wildman–Crippen MR) is 118 cm³/mol. The van der Waals surface area contributed by atoms with Crippen LogP contribution in [0.3, 0.4) is 0 Å². The first-order valence-corrected chi connectivity index (χ1v) is 11.6. The third kappa shape index (κ3) is 3.08. The van der Waals surface area contributed by atoms with Crippen LogP contribution in [0.2, 0.25) is 0 Å². The Hall–Kier alpha value is -0.540. The van der Waals surface area contributed by atoms with E-state index in [1.807, 2.05) is 6.07 Å². The number of benzene rings is 1. The Morgan fingerprint density at radius 2 is 1.93 bits per heavy atom. The van der Waals surface area contributed by atoms with Crippen molar-refractivity contribution in [3.05, 3.63) is 25.8 Å². The number of nitrogens with zero attached hydrogens (tertiary/aromatic N) is 4. The molecule has 2 saturated heterocycles. The second kappa shape index (κ2) is 6.76. The molecule has 7 heteroatoms. The van der Waals surface area contributed by atoms with Crippen molar-refractivity contribution in [3.8, 4) is 0 Å². The van der Waals surface area contributed by atoms with Gasteiger partial charge < -0.3 is 9.80 Å². The molecule has 3 aliphatic rings. The van der Waals surface area contributed by atoms with E-state index >= 15 is 4.39 Å². The largest absolute Gasteiger partial charge is 0.355 e. The number of anilines is 1. The maximum atomic E-state index is 15.1. The molecule has 2 aliphatic heterocycles. The van der Waals surface area contributed by atoms with Crippen molar-refractivity contribution < 1.29 is 4.39 Å². The van der Waals surface area contributed by atoms with Crippen LogP contribution in [0.1, 0.15) is 43.8 Å². The minimum absolute atomic E-state index is 0.256. The van der Waals surface area contributed by atoms with Crippen molar-refractivity contribution >= 4 is 55.2 Å². The quantitative estimate of drug-likeness (QED) is 0.396. The average molecular weight is 545 g/mol. The smallest absolute Gasteiger partial charge is 0.164 e. The van der Waals surface area contributed by atoms with Crippen molar-refractivity contribution in [1.29, 1.82) is 0 Å². The van der Waals surface area contributed by atoms with Gasteiger partial charge in [0.2, 0.25) is 0 Å². The normalized spacial score (nSPS) is 22.9. The van der Waals surface area contributed by atoms with Crippen LogP contribution >= 0.6 is 38.5 Å². The monoisotopic (exact) mass is 544 g/mol. The third-order valence-electron chi connectivity index (χ3n) is 6.67. The van der Waals surface area contributed by atoms with Gasteiger partial charge in [-0.2, -0.15) is 0 Å². The zero-order valence-corrected chi connectivity index (χ0v) is 19.2. The predicted octanol–water partition coefficient (Wildman–Crippen LogP) is 4.94. The minimum Gasteiger partial charge on any atom is -0.355 e. The molecular formula is C20H23BrFIN4. The summed E-state index contributed by atoms with van der Waals surface area (Å²) in [4.78, 5) is 14.4. The van der Waals surface area contributed by atoms with Gasteiger partial charge >= 0.3 is 0 Å². The molecular weight excluding hydrogens is 522 g/mol. The van der Waals surface area contributed by atoms with Gasteiger partial charge in [0.1, 0.15) is 17.2 Å². The molecule has 2 aromatic rings. The fourth-order valence-electron chi connectivity index (χ4n) is 4.77. The lowest BCUT2D eigenvalue weighted by Crippen LogP contribution is -2.60. The van der Waals surface area contributed by atoms with Crippen LogP contribution in [-0.4, -0.2) is 48.1 Å². The highest BCUT2D eigenvalue weighted by Crippen LogP contribution is 2.50. The van der Waals surface area contributed by atoms with E-state index < -0.39 is 0 Å². The molecule has 0 unspecified atom stereocenters. The van der Waals surface area contributed by atoms with Gasteiger partial charge in [-0.25, -0.2) is 14.4 Å². The molecule has 144 valence electrons. The molecule has 1 spiro atoms. The molecule has 1 aliphatic carbocycles. The lowest BCUT2D eigenvalue weighted by Gasteiger charge is -2.56. The highest BCUT2D eigenvalue weighted by Gasteiger charge is 2.48. The average Bonchev–Trinajstić information content (AvgIpc) is 2.58. The summed E-state index contributed by atoms with van der Waals surface area (Å²) in [5, 5.41) is 0.853. The summed E-state index contributed by atoms with van der Waals surface area (Å²) in [6.07, 6.45) is 6.08. The number of halogens is 3. The highest BCUT2D eigenvalue weighted by atomic mass is 127. The Kier molecular flexibility index (Phi) is 4.63. The molecule has 0 atom stereocenters. The van der Waals surface area contributed by atoms with E-state index in [-0.39, 0.29) is 5.82 Å². The standard InChI is InChI=1S/C20H23BrFIN4/c1-26-7-3-12(4-8-26)18-24-17-13(9-14(23)15(21)16(17)22)19(25-18)27-10-20(11-27)5-2-6-20/h9,12H,2-8,10-11H2,1H3. The zero-order valence-electron chi connectivity index (χ0n) is 15.4. The summed E-state index contributed by atoms with van der Waals surface area (Å²) in [5.74, 6) is 1.83. The van der Waals surface area contributed by atoms with E-state index in [4.69, 9.17) is 9.97 Å². The first-order valence-electron chi connectivity index (χ1n) is 9.74. The van der Waals surface area contributed by atoms with Gasteiger partial charge in [0.15, 0.2) is 5.82 Å². The summed E-state index contributed by atoms with van der Waals surface area (Å²) >= 11 is 5.58. The number of likely N-dealkylation sites (tertiary alicyclic amines) is 1. The SMILES string of the molecule is CN1CCC(c2nc(N3CC4(CCC4)C3)c3cc(I)c(Br)c(F)c3n2)CC1. The second-order valence-electron chi connectivity index (χ2n) is 8.58. The summed E-state index contributed by atoms with van der Waals surface area (Å²) in [5.41, 5.74) is 0.974. The molecule has 5 rings (SSSR count). The molecule has 1 aromatic heterocycles. The Balaban J connectivity index is 1.59. The van der Waals surface area contributed by atoms with Crippen LogP contribution in [0, 0.1) is 14.8 Å². The molecule has 27 heavy (non-hydrogen) atoms. The van der Waals surface area contributed by atoms with Gasteiger partial charge in [-0.15, -0.1) is 0 Å². The molecule has 4 nitrogen and oxygen atoms in total. The topological polar surface area (TPSA) is 32.3 Å². The van der Waals surface area contributed by atoms with Gasteiger partial charge in [0.25, 0.3) is 0 Å². The summed E-state index contributed by atoms with van der Waals surface area (Å²) in [7, 11) is 2.15. The summed E-state index contributed by atoms with van der Waals surface area (Å²) < 4.78 is 16.5. The Labute approximate surface area is 181 Å². The van der Waals surface area contributed by atoms with Crippen molar-refractivity contribution in [2.45, 2.75) is 38.0 Å². The van der Waals surface area contributed by atoms with Crippen LogP contribution in [0.25, 0.3) is 10.9 Å². The molecule has 1 aromatic carbocycles. The van der Waals surface area contributed by atoms with Crippen LogP contribution in [-0.2, 0) is 0 Å². The molecule has 1 saturated carbocycles. The number of fused-ring (bicyclic) bond motifs is 1. The van der Waals surface area contributed by atoms with Crippen LogP contribution < -0.4 is 4.90 Å². The van der Waals surface area contributed by atoms with E-state index in [2.05, 4.69) is 55.4 Å². The van der Waals surface area contributed by atoms with Crippen molar-refractivity contribution in [1.82, 2.24) is 14.9 Å². The number of rotatable bonds is 2. The molecule has 0 N–H and O–H groups in total. The van der Waals surface area contributed by atoms with Crippen molar-refractivity contribution in [2.75, 3.05) is 38.1 Å². The molecule has 0 amide bonds. The lowest BCUT2D eigenvalue weighted by atomic mass is 9.63. The summed E-state index contributed by atoms with van der Waals surface area (Å²) in [6, 6.07) is 2.03. The van der Waals surface area contributed by atoms with E-state index in [1.54, 1.807) is 0 Å². The Bertz CT molecular complexity index is 901. The lowest BCUT2D eigenvalue weighted by molar-refractivity contribution is 0.0898. The fourth-order valence-corrected chi connectivity index (χ4v) is 5.62. The Morgan fingerprint density at radius 3 is 2.56 bits per heavy atom. The first kappa shape index (κ1) is 18.5. The summed E-state index contributed by atoms with van der Waals surface area (Å²) in [6.45, 7) is 4.21. The van der Waals surface area contributed by atoms with Crippen molar-refractivity contribution in [2.24, 2.45) is 5.41 Å².